The van der Waals surface area contributed by atoms with E-state index >= 15 is 0 Å². The van der Waals surface area contributed by atoms with Crippen LogP contribution in [0.25, 0.3) is 0 Å². The fourth-order valence-electron chi connectivity index (χ4n) is 0.820. The van der Waals surface area contributed by atoms with E-state index in [1.807, 2.05) is 0 Å². The summed E-state index contributed by atoms with van der Waals surface area (Å²) < 4.78 is 40.5. The van der Waals surface area contributed by atoms with Gasteiger partial charge < -0.3 is 15.2 Å². The van der Waals surface area contributed by atoms with E-state index in [1.165, 1.54) is 0 Å². The van der Waals surface area contributed by atoms with E-state index < -0.39 is 18.3 Å². The topological polar surface area (TPSA) is 41.5 Å². The van der Waals surface area contributed by atoms with Gasteiger partial charge in [-0.1, -0.05) is 6.92 Å². The molecule has 0 radical (unpaired) electrons. The highest BCUT2D eigenvalue weighted by Gasteiger charge is 2.37. The van der Waals surface area contributed by atoms with Crippen LogP contribution in [0.3, 0.4) is 0 Å². The van der Waals surface area contributed by atoms with Gasteiger partial charge in [-0.15, -0.1) is 0 Å². The summed E-state index contributed by atoms with van der Waals surface area (Å²) in [5, 5.41) is 11.5. The SMILES string of the molecule is CCNC(CO)COC(C)C(F)(F)F. The van der Waals surface area contributed by atoms with Crippen molar-refractivity contribution < 1.29 is 23.0 Å². The monoisotopic (exact) mass is 215 g/mol. The molecule has 2 atom stereocenters. The fourth-order valence-corrected chi connectivity index (χ4v) is 0.820. The molecule has 0 aromatic heterocycles. The highest BCUT2D eigenvalue weighted by molar-refractivity contribution is 4.66. The van der Waals surface area contributed by atoms with Gasteiger partial charge in [0, 0.05) is 0 Å². The maximum absolute atomic E-state index is 12.0. The standard InChI is InChI=1S/C8H16F3NO2/c1-3-12-7(4-13)5-14-6(2)8(9,10)11/h6-7,12-13H,3-5H2,1-2H3. The van der Waals surface area contributed by atoms with E-state index in [-0.39, 0.29) is 13.2 Å². The molecule has 0 rings (SSSR count). The van der Waals surface area contributed by atoms with Crippen LogP contribution in [0.2, 0.25) is 0 Å². The summed E-state index contributed by atoms with van der Waals surface area (Å²) >= 11 is 0. The Morgan fingerprint density at radius 2 is 2.00 bits per heavy atom. The van der Waals surface area contributed by atoms with E-state index in [9.17, 15) is 13.2 Å². The molecule has 0 bridgehead atoms. The van der Waals surface area contributed by atoms with Crippen molar-refractivity contribution in [2.24, 2.45) is 0 Å². The molecule has 0 amide bonds. The van der Waals surface area contributed by atoms with Gasteiger partial charge in [0.1, 0.15) is 0 Å². The van der Waals surface area contributed by atoms with Gasteiger partial charge >= 0.3 is 6.18 Å². The zero-order valence-corrected chi connectivity index (χ0v) is 8.27. The average Bonchev–Trinajstić information content (AvgIpc) is 2.10. The molecule has 14 heavy (non-hydrogen) atoms. The lowest BCUT2D eigenvalue weighted by atomic mass is 10.3. The lowest BCUT2D eigenvalue weighted by molar-refractivity contribution is -0.216. The van der Waals surface area contributed by atoms with Crippen molar-refractivity contribution in [2.75, 3.05) is 19.8 Å². The molecular formula is C8H16F3NO2. The second kappa shape index (κ2) is 6.21. The summed E-state index contributed by atoms with van der Waals surface area (Å²) in [7, 11) is 0. The van der Waals surface area contributed by atoms with Crippen LogP contribution >= 0.6 is 0 Å². The minimum Gasteiger partial charge on any atom is -0.395 e. The van der Waals surface area contributed by atoms with Crippen molar-refractivity contribution in [1.82, 2.24) is 5.32 Å². The number of rotatable bonds is 6. The van der Waals surface area contributed by atoms with Crippen LogP contribution in [0.1, 0.15) is 13.8 Å². The summed E-state index contributed by atoms with van der Waals surface area (Å²) in [4.78, 5) is 0. The van der Waals surface area contributed by atoms with Crippen LogP contribution in [-0.2, 0) is 4.74 Å². The number of alkyl halides is 3. The quantitative estimate of drug-likeness (QED) is 0.692. The molecular weight excluding hydrogens is 199 g/mol. The molecule has 0 fully saturated rings. The molecule has 0 heterocycles. The Balaban J connectivity index is 3.79. The Kier molecular flexibility index (Phi) is 6.06. The molecule has 2 N–H and O–H groups in total. The number of halogens is 3. The number of ether oxygens (including phenoxy) is 1. The van der Waals surface area contributed by atoms with E-state index in [4.69, 9.17) is 5.11 Å². The summed E-state index contributed by atoms with van der Waals surface area (Å²) in [6.07, 6.45) is -6.14. The largest absolute Gasteiger partial charge is 0.414 e. The van der Waals surface area contributed by atoms with Crippen LogP contribution in [0.5, 0.6) is 0 Å². The lowest BCUT2D eigenvalue weighted by Gasteiger charge is -2.20. The van der Waals surface area contributed by atoms with Crippen molar-refractivity contribution in [3.8, 4) is 0 Å². The summed E-state index contributed by atoms with van der Waals surface area (Å²) in [5.74, 6) is 0. The zero-order chi connectivity index (χ0) is 11.2. The predicted molar refractivity (Wildman–Crippen MR) is 46.0 cm³/mol. The van der Waals surface area contributed by atoms with E-state index in [0.717, 1.165) is 6.92 Å². The third-order valence-corrected chi connectivity index (χ3v) is 1.72. The van der Waals surface area contributed by atoms with Crippen molar-refractivity contribution in [1.29, 1.82) is 0 Å². The molecule has 6 heteroatoms. The van der Waals surface area contributed by atoms with Crippen LogP contribution in [0, 0.1) is 0 Å². The first-order valence-corrected chi connectivity index (χ1v) is 4.44. The van der Waals surface area contributed by atoms with Crippen molar-refractivity contribution in [3.05, 3.63) is 0 Å². The Labute approximate surface area is 81.2 Å². The Bertz CT molecular complexity index is 152. The molecule has 2 unspecified atom stereocenters. The molecule has 0 aliphatic rings. The van der Waals surface area contributed by atoms with Crippen LogP contribution < -0.4 is 5.32 Å². The molecule has 86 valence electrons. The molecule has 0 saturated carbocycles. The second-order valence-corrected chi connectivity index (χ2v) is 2.95. The van der Waals surface area contributed by atoms with Gasteiger partial charge in [0.2, 0.25) is 0 Å². The molecule has 0 spiro atoms. The number of hydrogen-bond donors (Lipinski definition) is 2. The Hall–Kier alpha value is -0.330. The van der Waals surface area contributed by atoms with E-state index in [0.29, 0.717) is 6.54 Å². The number of hydrogen-bond acceptors (Lipinski definition) is 3. The Morgan fingerprint density at radius 1 is 1.43 bits per heavy atom. The van der Waals surface area contributed by atoms with Gasteiger partial charge in [0.25, 0.3) is 0 Å². The average molecular weight is 215 g/mol. The molecule has 3 nitrogen and oxygen atoms in total. The summed E-state index contributed by atoms with van der Waals surface area (Å²) in [6, 6.07) is -0.440. The van der Waals surface area contributed by atoms with Crippen molar-refractivity contribution >= 4 is 0 Å². The number of aliphatic hydroxyl groups is 1. The van der Waals surface area contributed by atoms with Gasteiger partial charge in [0.15, 0.2) is 6.10 Å². The minimum absolute atomic E-state index is 0.148. The zero-order valence-electron chi connectivity index (χ0n) is 8.27. The Morgan fingerprint density at radius 3 is 2.36 bits per heavy atom. The summed E-state index contributed by atoms with van der Waals surface area (Å²) in [5.41, 5.74) is 0. The normalized spacial score (nSPS) is 16.7. The van der Waals surface area contributed by atoms with Crippen molar-refractivity contribution in [2.45, 2.75) is 32.2 Å². The first-order valence-electron chi connectivity index (χ1n) is 4.44. The highest BCUT2D eigenvalue weighted by Crippen LogP contribution is 2.22. The lowest BCUT2D eigenvalue weighted by Crippen LogP contribution is -2.40. The van der Waals surface area contributed by atoms with Crippen LogP contribution in [0.4, 0.5) is 13.2 Å². The minimum atomic E-state index is -4.34. The maximum Gasteiger partial charge on any atom is 0.414 e. The third kappa shape index (κ3) is 5.41. The molecule has 0 aliphatic heterocycles. The molecule has 0 saturated heterocycles. The van der Waals surface area contributed by atoms with E-state index in [2.05, 4.69) is 10.1 Å². The van der Waals surface area contributed by atoms with Gasteiger partial charge in [-0.05, 0) is 13.5 Å². The fraction of sp³-hybridized carbons (Fsp3) is 1.00. The highest BCUT2D eigenvalue weighted by atomic mass is 19.4. The second-order valence-electron chi connectivity index (χ2n) is 2.95. The predicted octanol–water partition coefficient (Wildman–Crippen LogP) is 0.924. The van der Waals surface area contributed by atoms with Gasteiger partial charge in [0.05, 0.1) is 19.3 Å². The molecule has 0 aliphatic carbocycles. The molecule has 0 aromatic carbocycles. The first kappa shape index (κ1) is 13.7. The van der Waals surface area contributed by atoms with Crippen LogP contribution in [0.15, 0.2) is 0 Å². The van der Waals surface area contributed by atoms with E-state index in [1.54, 1.807) is 6.92 Å². The third-order valence-electron chi connectivity index (χ3n) is 1.72. The number of nitrogens with one attached hydrogen (secondary N) is 1. The summed E-state index contributed by atoms with van der Waals surface area (Å²) in [6.45, 7) is 2.94. The van der Waals surface area contributed by atoms with Gasteiger partial charge in [-0.25, -0.2) is 0 Å². The van der Waals surface area contributed by atoms with Crippen LogP contribution in [-0.4, -0.2) is 43.2 Å². The first-order chi connectivity index (χ1) is 6.41. The van der Waals surface area contributed by atoms with Gasteiger partial charge in [-0.2, -0.15) is 13.2 Å². The number of likely N-dealkylation sites (N-methyl/N-ethyl adjacent to an activating group) is 1. The smallest absolute Gasteiger partial charge is 0.395 e. The number of aliphatic hydroxyl groups excluding tert-OH is 1. The van der Waals surface area contributed by atoms with Crippen molar-refractivity contribution in [3.63, 3.8) is 0 Å². The maximum atomic E-state index is 12.0. The van der Waals surface area contributed by atoms with Gasteiger partial charge in [-0.3, -0.25) is 0 Å². The molecule has 0 aromatic rings.